The van der Waals surface area contributed by atoms with Crippen LogP contribution in [0.3, 0.4) is 0 Å². The van der Waals surface area contributed by atoms with Gasteiger partial charge in [0.05, 0.1) is 30.2 Å². The second-order valence-corrected chi connectivity index (χ2v) is 7.59. The van der Waals surface area contributed by atoms with E-state index in [-0.39, 0.29) is 11.9 Å². The largest absolute Gasteiger partial charge is 0.481 e. The van der Waals surface area contributed by atoms with Gasteiger partial charge in [-0.15, -0.1) is 0 Å². The van der Waals surface area contributed by atoms with Crippen molar-refractivity contribution >= 4 is 28.3 Å². The zero-order chi connectivity index (χ0) is 22.0. The second-order valence-electron chi connectivity index (χ2n) is 7.59. The molecule has 0 atom stereocenters. The van der Waals surface area contributed by atoms with Crippen LogP contribution in [0.1, 0.15) is 26.2 Å². The number of nitrogens with two attached hydrogens (primary N) is 2. The van der Waals surface area contributed by atoms with Crippen LogP contribution in [0.2, 0.25) is 0 Å². The molecule has 0 bridgehead atoms. The van der Waals surface area contributed by atoms with Crippen molar-refractivity contribution in [2.45, 2.75) is 32.2 Å². The highest BCUT2D eigenvalue weighted by Crippen LogP contribution is 2.33. The van der Waals surface area contributed by atoms with E-state index >= 15 is 0 Å². The number of hydrogen-bond donors (Lipinski definition) is 2. The number of carbonyl (C=O) groups is 1. The van der Waals surface area contributed by atoms with Gasteiger partial charge in [-0.2, -0.15) is 0 Å². The molecule has 0 spiro atoms. The fraction of sp³-hybridized carbons (Fsp3) is 0.364. The van der Waals surface area contributed by atoms with Gasteiger partial charge < -0.3 is 20.4 Å². The van der Waals surface area contributed by atoms with Crippen LogP contribution < -0.4 is 21.3 Å². The Morgan fingerprint density at radius 1 is 1.19 bits per heavy atom. The molecular weight excluding hydrogens is 394 g/mol. The molecular formula is C22H27N7O2. The van der Waals surface area contributed by atoms with Crippen LogP contribution in [0.5, 0.6) is 5.88 Å². The minimum absolute atomic E-state index is 0.0573. The predicted octanol–water partition coefficient (Wildman–Crippen LogP) is 2.36. The highest BCUT2D eigenvalue weighted by atomic mass is 16.5. The highest BCUT2D eigenvalue weighted by Gasteiger charge is 2.27. The van der Waals surface area contributed by atoms with E-state index in [1.54, 1.807) is 30.6 Å². The molecule has 0 aromatic carbocycles. The lowest BCUT2D eigenvalue weighted by molar-refractivity contribution is -0.131. The molecule has 1 amide bonds. The Hall–Kier alpha value is -3.46. The number of likely N-dealkylation sites (tertiary alicyclic amines) is 1. The van der Waals surface area contributed by atoms with Crippen LogP contribution in [0, 0.1) is 0 Å². The number of hydrazine groups is 1. The average Bonchev–Trinajstić information content (AvgIpc) is 2.83. The molecule has 1 fully saturated rings. The van der Waals surface area contributed by atoms with Crippen molar-refractivity contribution in [3.05, 3.63) is 36.7 Å². The van der Waals surface area contributed by atoms with Crippen molar-refractivity contribution in [2.75, 3.05) is 30.9 Å². The number of nitrogen functional groups attached to an aromatic ring is 1. The third-order valence-electron chi connectivity index (χ3n) is 5.73. The van der Waals surface area contributed by atoms with Gasteiger partial charge >= 0.3 is 0 Å². The number of pyridine rings is 3. The number of anilines is 2. The second kappa shape index (κ2) is 8.73. The van der Waals surface area contributed by atoms with Crippen LogP contribution in [0.25, 0.3) is 22.3 Å². The molecule has 3 aromatic heterocycles. The van der Waals surface area contributed by atoms with Crippen molar-refractivity contribution in [3.8, 4) is 17.1 Å². The molecule has 3 aromatic rings. The number of fused-ring (bicyclic) bond motifs is 1. The maximum atomic E-state index is 12.0. The summed E-state index contributed by atoms with van der Waals surface area (Å²) in [7, 11) is 1.58. The molecule has 0 unspecified atom stereocenters. The first-order chi connectivity index (χ1) is 15.0. The van der Waals surface area contributed by atoms with Gasteiger partial charge in [-0.05, 0) is 31.0 Å². The van der Waals surface area contributed by atoms with E-state index in [0.29, 0.717) is 47.8 Å². The quantitative estimate of drug-likeness (QED) is 0.475. The van der Waals surface area contributed by atoms with E-state index in [9.17, 15) is 4.79 Å². The van der Waals surface area contributed by atoms with Crippen molar-refractivity contribution in [1.82, 2.24) is 19.9 Å². The lowest BCUT2D eigenvalue weighted by atomic mass is 10.0. The van der Waals surface area contributed by atoms with Gasteiger partial charge in [0.2, 0.25) is 11.8 Å². The molecule has 1 aliphatic heterocycles. The first-order valence-corrected chi connectivity index (χ1v) is 10.4. The van der Waals surface area contributed by atoms with Crippen LogP contribution in [0.15, 0.2) is 36.7 Å². The number of ether oxygens (including phenoxy) is 1. The summed E-state index contributed by atoms with van der Waals surface area (Å²) in [6, 6.07) is 7.55. The van der Waals surface area contributed by atoms with Crippen LogP contribution in [-0.4, -0.2) is 52.0 Å². The number of nitrogens with zero attached hydrogens (tertiary/aromatic N) is 5. The smallest absolute Gasteiger partial charge is 0.222 e. The summed E-state index contributed by atoms with van der Waals surface area (Å²) in [6.07, 6.45) is 5.39. The van der Waals surface area contributed by atoms with Crippen molar-refractivity contribution in [1.29, 1.82) is 0 Å². The molecule has 0 aliphatic carbocycles. The standard InChI is InChI=1S/C22H27N7O2/c1-3-20(30)28-10-8-15(9-11-28)29(24)22-16(23)13-25-18-6-5-17(27-21(18)22)14-4-7-19(31-2)26-12-14/h4-7,12-13,15H,3,8-11,23-24H2,1-2H3. The third-order valence-corrected chi connectivity index (χ3v) is 5.73. The van der Waals surface area contributed by atoms with Crippen LogP contribution >= 0.6 is 0 Å². The summed E-state index contributed by atoms with van der Waals surface area (Å²) >= 11 is 0. The van der Waals surface area contributed by atoms with E-state index in [1.165, 1.54) is 0 Å². The monoisotopic (exact) mass is 421 g/mol. The van der Waals surface area contributed by atoms with E-state index in [4.69, 9.17) is 21.3 Å². The third kappa shape index (κ3) is 4.09. The number of piperidine rings is 1. The van der Waals surface area contributed by atoms with Crippen molar-refractivity contribution < 1.29 is 9.53 Å². The zero-order valence-electron chi connectivity index (χ0n) is 17.8. The Kier molecular flexibility index (Phi) is 5.85. The summed E-state index contributed by atoms with van der Waals surface area (Å²) in [5, 5.41) is 1.70. The Morgan fingerprint density at radius 3 is 2.61 bits per heavy atom. The first kappa shape index (κ1) is 20.8. The minimum Gasteiger partial charge on any atom is -0.481 e. The van der Waals surface area contributed by atoms with E-state index in [0.717, 1.165) is 24.1 Å². The van der Waals surface area contributed by atoms with E-state index < -0.39 is 0 Å². The van der Waals surface area contributed by atoms with Crippen molar-refractivity contribution in [2.24, 2.45) is 5.84 Å². The molecule has 4 heterocycles. The molecule has 9 heteroatoms. The van der Waals surface area contributed by atoms with Gasteiger partial charge in [-0.25, -0.2) is 15.8 Å². The lowest BCUT2D eigenvalue weighted by Gasteiger charge is -2.37. The maximum absolute atomic E-state index is 12.0. The predicted molar refractivity (Wildman–Crippen MR) is 120 cm³/mol. The first-order valence-electron chi connectivity index (χ1n) is 10.4. The summed E-state index contributed by atoms with van der Waals surface area (Å²) in [5.74, 6) is 7.29. The lowest BCUT2D eigenvalue weighted by Crippen LogP contribution is -2.50. The number of aromatic nitrogens is 3. The fourth-order valence-corrected chi connectivity index (χ4v) is 3.95. The summed E-state index contributed by atoms with van der Waals surface area (Å²) < 4.78 is 5.13. The molecule has 0 saturated carbocycles. The fourth-order valence-electron chi connectivity index (χ4n) is 3.95. The molecule has 4 N–H and O–H groups in total. The van der Waals surface area contributed by atoms with Gasteiger partial charge in [0, 0.05) is 43.4 Å². The number of hydrogen-bond acceptors (Lipinski definition) is 8. The Labute approximate surface area is 181 Å². The number of rotatable bonds is 5. The molecule has 9 nitrogen and oxygen atoms in total. The summed E-state index contributed by atoms with van der Waals surface area (Å²) in [6.45, 7) is 3.25. The Bertz CT molecular complexity index is 1080. The topological polar surface area (TPSA) is 123 Å². The molecule has 1 saturated heterocycles. The molecule has 0 radical (unpaired) electrons. The van der Waals surface area contributed by atoms with Gasteiger partial charge in [0.1, 0.15) is 11.2 Å². The van der Waals surface area contributed by atoms with Gasteiger partial charge in [0.15, 0.2) is 0 Å². The van der Waals surface area contributed by atoms with Crippen LogP contribution in [0.4, 0.5) is 11.4 Å². The van der Waals surface area contributed by atoms with Gasteiger partial charge in [-0.3, -0.25) is 9.78 Å². The summed E-state index contributed by atoms with van der Waals surface area (Å²) in [4.78, 5) is 27.4. The normalized spacial score (nSPS) is 14.6. The molecule has 31 heavy (non-hydrogen) atoms. The van der Waals surface area contributed by atoms with Crippen LogP contribution in [-0.2, 0) is 4.79 Å². The molecule has 1 aliphatic rings. The van der Waals surface area contributed by atoms with Gasteiger partial charge in [0.25, 0.3) is 0 Å². The minimum atomic E-state index is 0.0573. The zero-order valence-corrected chi connectivity index (χ0v) is 17.8. The maximum Gasteiger partial charge on any atom is 0.222 e. The Morgan fingerprint density at radius 2 is 1.97 bits per heavy atom. The van der Waals surface area contributed by atoms with E-state index in [1.807, 2.05) is 30.0 Å². The Balaban J connectivity index is 1.66. The number of amides is 1. The summed E-state index contributed by atoms with van der Waals surface area (Å²) in [5.41, 5.74) is 10.4. The molecule has 4 rings (SSSR count). The highest BCUT2D eigenvalue weighted by molar-refractivity contribution is 5.95. The SMILES string of the molecule is CCC(=O)N1CCC(N(N)c2c(N)cnc3ccc(-c4ccc(OC)nc4)nc23)CC1. The number of methoxy groups -OCH3 is 1. The van der Waals surface area contributed by atoms with Crippen molar-refractivity contribution in [3.63, 3.8) is 0 Å². The number of carbonyl (C=O) groups excluding carboxylic acids is 1. The van der Waals surface area contributed by atoms with E-state index in [2.05, 4.69) is 9.97 Å². The van der Waals surface area contributed by atoms with Gasteiger partial charge in [-0.1, -0.05) is 6.92 Å². The average molecular weight is 422 g/mol. The molecule has 162 valence electrons.